The van der Waals surface area contributed by atoms with Crippen LogP contribution in [0.2, 0.25) is 0 Å². The predicted molar refractivity (Wildman–Crippen MR) is 165 cm³/mol. The fourth-order valence-electron chi connectivity index (χ4n) is 6.55. The lowest BCUT2D eigenvalue weighted by Crippen LogP contribution is -2.58. The van der Waals surface area contributed by atoms with E-state index in [2.05, 4.69) is 116 Å². The van der Waals surface area contributed by atoms with E-state index in [1.807, 2.05) is 17.5 Å². The molecule has 0 N–H and O–H groups in total. The Morgan fingerprint density at radius 2 is 1.62 bits per heavy atom. The van der Waals surface area contributed by atoms with Gasteiger partial charge >= 0.3 is 0 Å². The molecule has 0 saturated carbocycles. The van der Waals surface area contributed by atoms with Crippen molar-refractivity contribution >= 4 is 65.5 Å². The Bertz CT molecular complexity index is 2080. The van der Waals surface area contributed by atoms with Gasteiger partial charge in [-0.15, -0.1) is 11.3 Å². The van der Waals surface area contributed by atoms with Crippen LogP contribution in [0, 0.1) is 26.1 Å². The van der Waals surface area contributed by atoms with Crippen molar-refractivity contribution in [1.82, 2.24) is 9.97 Å². The van der Waals surface area contributed by atoms with Crippen LogP contribution in [-0.2, 0) is 6.42 Å². The maximum absolute atomic E-state index is 5.19. The Labute approximate surface area is 232 Å². The molecule has 0 spiro atoms. The van der Waals surface area contributed by atoms with Crippen LogP contribution in [0.15, 0.2) is 91.1 Å². The van der Waals surface area contributed by atoms with Gasteiger partial charge in [-0.05, 0) is 49.6 Å². The first-order valence-corrected chi connectivity index (χ1v) is 14.2. The van der Waals surface area contributed by atoms with Crippen LogP contribution in [0.5, 0.6) is 0 Å². The average Bonchev–Trinajstić information content (AvgIpc) is 3.36. The molecule has 4 heterocycles. The van der Waals surface area contributed by atoms with Gasteiger partial charge in [0.2, 0.25) is 6.71 Å². The van der Waals surface area contributed by atoms with Gasteiger partial charge in [-0.1, -0.05) is 100 Å². The average molecular weight is 514 g/mol. The van der Waals surface area contributed by atoms with Crippen molar-refractivity contribution in [3.63, 3.8) is 0 Å². The zero-order valence-corrected chi connectivity index (χ0v) is 22.6. The van der Waals surface area contributed by atoms with E-state index < -0.39 is 0 Å². The molecule has 2 nitrogen and oxygen atoms in total. The van der Waals surface area contributed by atoms with Crippen LogP contribution in [0.3, 0.4) is 0 Å². The minimum Gasteiger partial charge on any atom is -0.244 e. The third-order valence-corrected chi connectivity index (χ3v) is 9.44. The predicted octanol–water partition coefficient (Wildman–Crippen LogP) is 6.30. The molecule has 0 fully saturated rings. The lowest BCUT2D eigenvalue weighted by Gasteiger charge is -2.30. The van der Waals surface area contributed by atoms with Crippen molar-refractivity contribution in [2.24, 2.45) is 0 Å². The lowest BCUT2D eigenvalue weighted by atomic mass is 9.32. The van der Waals surface area contributed by atoms with Crippen LogP contribution >= 0.6 is 11.3 Å². The second-order valence-electron chi connectivity index (χ2n) is 10.5. The summed E-state index contributed by atoms with van der Waals surface area (Å²) < 4.78 is 2.46. The summed E-state index contributed by atoms with van der Waals surface area (Å²) in [6.45, 7) is 4.73. The van der Waals surface area contributed by atoms with Gasteiger partial charge in [0.25, 0.3) is 0 Å². The first-order chi connectivity index (χ1) is 19.2. The summed E-state index contributed by atoms with van der Waals surface area (Å²) in [6.07, 6.45) is 5.66. The molecule has 1 aliphatic heterocycles. The highest BCUT2D eigenvalue weighted by Gasteiger charge is 2.33. The molecular weight excluding hydrogens is 491 g/mol. The Kier molecular flexibility index (Phi) is 4.93. The first-order valence-electron chi connectivity index (χ1n) is 13.3. The monoisotopic (exact) mass is 514 g/mol. The molecule has 1 aliphatic rings. The number of hydrogen-bond acceptors (Lipinski definition) is 3. The molecule has 8 rings (SSSR count). The largest absolute Gasteiger partial charge is 0.244 e. The number of hydrogen-bond donors (Lipinski definition) is 0. The van der Waals surface area contributed by atoms with Crippen molar-refractivity contribution in [3.05, 3.63) is 126 Å². The van der Waals surface area contributed by atoms with Crippen molar-refractivity contribution in [2.75, 3.05) is 0 Å². The maximum Gasteiger partial charge on any atom is 0.242 e. The minimum absolute atomic E-state index is 0.225. The topological polar surface area (TPSA) is 25.8 Å². The number of pyridine rings is 1. The van der Waals surface area contributed by atoms with E-state index >= 15 is 0 Å². The van der Waals surface area contributed by atoms with E-state index in [0.717, 1.165) is 23.0 Å². The molecule has 182 valence electrons. The van der Waals surface area contributed by atoms with Gasteiger partial charge in [0.15, 0.2) is 0 Å². The smallest absolute Gasteiger partial charge is 0.242 e. The van der Waals surface area contributed by atoms with Crippen LogP contribution in [0.1, 0.15) is 22.3 Å². The third kappa shape index (κ3) is 3.37. The zero-order chi connectivity index (χ0) is 26.1. The van der Waals surface area contributed by atoms with Gasteiger partial charge in [0.05, 0.1) is 27.5 Å². The highest BCUT2D eigenvalue weighted by Crippen LogP contribution is 2.42. The Hall–Kier alpha value is -4.46. The third-order valence-electron chi connectivity index (χ3n) is 8.26. The fraction of sp³-hybridized carbons (Fsp3) is 0.0857. The minimum atomic E-state index is 0.225. The van der Waals surface area contributed by atoms with Crippen LogP contribution in [-0.4, -0.2) is 16.7 Å². The summed E-state index contributed by atoms with van der Waals surface area (Å²) in [4.78, 5) is 9.44. The summed E-state index contributed by atoms with van der Waals surface area (Å²) in [7, 11) is 0. The number of rotatable bonds is 2. The molecule has 0 amide bonds. The van der Waals surface area contributed by atoms with Gasteiger partial charge in [0, 0.05) is 27.2 Å². The van der Waals surface area contributed by atoms with Crippen molar-refractivity contribution in [3.8, 4) is 11.3 Å². The Morgan fingerprint density at radius 3 is 2.51 bits per heavy atom. The molecule has 3 aromatic heterocycles. The van der Waals surface area contributed by atoms with Gasteiger partial charge < -0.3 is 0 Å². The fourth-order valence-corrected chi connectivity index (χ4v) is 7.77. The summed E-state index contributed by atoms with van der Waals surface area (Å²) in [5.74, 6) is 0. The number of fused-ring (bicyclic) bond motifs is 7. The molecule has 4 heteroatoms. The molecule has 0 aliphatic carbocycles. The second-order valence-corrected chi connectivity index (χ2v) is 11.6. The molecule has 4 aromatic carbocycles. The van der Waals surface area contributed by atoms with Gasteiger partial charge in [-0.2, -0.15) is 0 Å². The van der Waals surface area contributed by atoms with Crippen molar-refractivity contribution in [2.45, 2.75) is 20.3 Å². The summed E-state index contributed by atoms with van der Waals surface area (Å²) in [5.41, 5.74) is 12.7. The first kappa shape index (κ1) is 22.5. The highest BCUT2D eigenvalue weighted by molar-refractivity contribution is 7.26. The normalized spacial score (nSPS) is 12.5. The number of aryl methyl sites for hydroxylation is 2. The van der Waals surface area contributed by atoms with Gasteiger partial charge in [0.1, 0.15) is 0 Å². The summed E-state index contributed by atoms with van der Waals surface area (Å²) in [5, 5.41) is 3.43. The Morgan fingerprint density at radius 1 is 0.821 bits per heavy atom. The van der Waals surface area contributed by atoms with Crippen molar-refractivity contribution < 1.29 is 0 Å². The van der Waals surface area contributed by atoms with E-state index in [-0.39, 0.29) is 6.71 Å². The lowest BCUT2D eigenvalue weighted by molar-refractivity contribution is 1.20. The standard InChI is InChI=1S/C35H23BN2S/c1-21-9-3-6-12-28(21)36-29-13-7-4-10-23(29)18-24-19-25(17-22(2)33(24)36)34-35-32(26-15-16-37-20-30(26)38-34)27-11-5-8-14-31(27)39-35/h3-14,17,19-20H,18H2,1-2H3. The van der Waals surface area contributed by atoms with E-state index in [1.165, 1.54) is 64.4 Å². The van der Waals surface area contributed by atoms with E-state index in [1.54, 1.807) is 0 Å². The summed E-state index contributed by atoms with van der Waals surface area (Å²) in [6, 6.07) is 34.4. The van der Waals surface area contributed by atoms with Crippen LogP contribution < -0.4 is 16.4 Å². The van der Waals surface area contributed by atoms with E-state index in [9.17, 15) is 0 Å². The number of thiophene rings is 1. The number of benzene rings is 4. The maximum atomic E-state index is 5.19. The van der Waals surface area contributed by atoms with Gasteiger partial charge in [-0.25, -0.2) is 9.97 Å². The van der Waals surface area contributed by atoms with Crippen molar-refractivity contribution in [1.29, 1.82) is 0 Å². The molecule has 39 heavy (non-hydrogen) atoms. The quantitative estimate of drug-likeness (QED) is 0.253. The molecular formula is C35H23BN2S. The van der Waals surface area contributed by atoms with E-state index in [4.69, 9.17) is 4.98 Å². The van der Waals surface area contributed by atoms with E-state index in [0.29, 0.717) is 0 Å². The number of aromatic nitrogens is 2. The molecule has 0 bridgehead atoms. The highest BCUT2D eigenvalue weighted by atomic mass is 32.1. The van der Waals surface area contributed by atoms with Crippen LogP contribution in [0.4, 0.5) is 0 Å². The summed E-state index contributed by atoms with van der Waals surface area (Å²) >= 11 is 1.81. The van der Waals surface area contributed by atoms with Crippen LogP contribution in [0.25, 0.3) is 42.3 Å². The molecule has 0 radical (unpaired) electrons. The molecule has 0 unspecified atom stereocenters. The molecule has 0 saturated heterocycles. The van der Waals surface area contributed by atoms with Gasteiger partial charge in [-0.3, -0.25) is 0 Å². The molecule has 7 aromatic rings. The Balaban J connectivity index is 1.41. The number of nitrogens with zero attached hydrogens (tertiary/aromatic N) is 2. The second kappa shape index (κ2) is 8.53. The molecule has 0 atom stereocenters. The zero-order valence-electron chi connectivity index (χ0n) is 21.7. The SMILES string of the molecule is Cc1ccccc1B1c2ccccc2Cc2cc(-c3nc4cnc#cc4c4c3sc3ccccc34)cc(C)c21.